The van der Waals surface area contributed by atoms with Crippen molar-refractivity contribution in [2.75, 3.05) is 31.7 Å². The lowest BCUT2D eigenvalue weighted by molar-refractivity contribution is 0.316. The zero-order valence-corrected chi connectivity index (χ0v) is 14.2. The van der Waals surface area contributed by atoms with E-state index in [0.717, 1.165) is 21.0 Å². The lowest BCUT2D eigenvalue weighted by Gasteiger charge is -2.08. The molecule has 4 nitrogen and oxygen atoms in total. The minimum Gasteiger partial charge on any atom is -0.492 e. The number of ether oxygens (including phenoxy) is 1. The zero-order chi connectivity index (χ0) is 15.3. The summed E-state index contributed by atoms with van der Waals surface area (Å²) < 4.78 is 28.6. The predicted molar refractivity (Wildman–Crippen MR) is 89.7 cm³/mol. The molecule has 114 valence electrons. The summed E-state index contributed by atoms with van der Waals surface area (Å²) >= 11 is 3.45. The van der Waals surface area contributed by atoms with Crippen LogP contribution in [-0.2, 0) is 9.84 Å². The molecule has 6 heteroatoms. The molecular formula is C15H18BrNO3S. The highest BCUT2D eigenvalue weighted by atomic mass is 79.9. The fraction of sp³-hybridized carbons (Fsp3) is 0.333. The van der Waals surface area contributed by atoms with Crippen LogP contribution in [0.3, 0.4) is 0 Å². The van der Waals surface area contributed by atoms with E-state index in [1.165, 1.54) is 6.26 Å². The average Bonchev–Trinajstić information content (AvgIpc) is 2.41. The van der Waals surface area contributed by atoms with Gasteiger partial charge in [0, 0.05) is 23.8 Å². The SMILES string of the molecule is CS(=O)(=O)CCNCCOc1ccc2cc(Br)ccc2c1. The Bertz CT molecular complexity index is 716. The quantitative estimate of drug-likeness (QED) is 0.760. The van der Waals surface area contributed by atoms with Crippen LogP contribution in [0.5, 0.6) is 5.75 Å². The van der Waals surface area contributed by atoms with Crippen LogP contribution >= 0.6 is 15.9 Å². The van der Waals surface area contributed by atoms with Crippen molar-refractivity contribution in [1.29, 1.82) is 0 Å². The van der Waals surface area contributed by atoms with Crippen LogP contribution in [0.15, 0.2) is 40.9 Å². The molecule has 0 aromatic heterocycles. The van der Waals surface area contributed by atoms with Gasteiger partial charge in [0.2, 0.25) is 0 Å². The Balaban J connectivity index is 1.80. The molecule has 0 amide bonds. The lowest BCUT2D eigenvalue weighted by atomic mass is 10.1. The summed E-state index contributed by atoms with van der Waals surface area (Å²) in [5, 5.41) is 5.33. The maximum absolute atomic E-state index is 11.0. The summed E-state index contributed by atoms with van der Waals surface area (Å²) in [6.07, 6.45) is 1.23. The molecule has 0 saturated heterocycles. The van der Waals surface area contributed by atoms with Gasteiger partial charge in [0.05, 0.1) is 5.75 Å². The Hall–Kier alpha value is -1.11. The third kappa shape index (κ3) is 5.65. The number of fused-ring (bicyclic) bond motifs is 1. The van der Waals surface area contributed by atoms with Crippen molar-refractivity contribution in [2.45, 2.75) is 0 Å². The minimum absolute atomic E-state index is 0.151. The molecule has 0 fully saturated rings. The smallest absolute Gasteiger partial charge is 0.148 e. The molecule has 0 saturated carbocycles. The third-order valence-electron chi connectivity index (χ3n) is 2.97. The number of hydrogen-bond donors (Lipinski definition) is 1. The maximum atomic E-state index is 11.0. The second kappa shape index (κ2) is 7.24. The molecule has 0 spiro atoms. The van der Waals surface area contributed by atoms with Crippen LogP contribution < -0.4 is 10.1 Å². The van der Waals surface area contributed by atoms with Gasteiger partial charge in [-0.3, -0.25) is 0 Å². The number of rotatable bonds is 7. The van der Waals surface area contributed by atoms with E-state index < -0.39 is 9.84 Å². The van der Waals surface area contributed by atoms with E-state index in [-0.39, 0.29) is 5.75 Å². The highest BCUT2D eigenvalue weighted by Crippen LogP contribution is 2.23. The molecule has 21 heavy (non-hydrogen) atoms. The van der Waals surface area contributed by atoms with Crippen LogP contribution in [0.2, 0.25) is 0 Å². The van der Waals surface area contributed by atoms with E-state index in [1.807, 2.05) is 30.3 Å². The second-order valence-electron chi connectivity index (χ2n) is 4.88. The van der Waals surface area contributed by atoms with E-state index in [1.54, 1.807) is 0 Å². The van der Waals surface area contributed by atoms with E-state index in [9.17, 15) is 8.42 Å². The molecule has 2 aromatic rings. The predicted octanol–water partition coefficient (Wildman–Crippen LogP) is 2.62. The van der Waals surface area contributed by atoms with Crippen LogP contribution in [0, 0.1) is 0 Å². The van der Waals surface area contributed by atoms with Gasteiger partial charge in [0.25, 0.3) is 0 Å². The summed E-state index contributed by atoms with van der Waals surface area (Å²) in [5.41, 5.74) is 0. The first-order chi connectivity index (χ1) is 9.94. The van der Waals surface area contributed by atoms with E-state index in [2.05, 4.69) is 27.3 Å². The number of nitrogens with one attached hydrogen (secondary N) is 1. The van der Waals surface area contributed by atoms with Crippen molar-refractivity contribution in [3.05, 3.63) is 40.9 Å². The molecular weight excluding hydrogens is 354 g/mol. The zero-order valence-electron chi connectivity index (χ0n) is 11.8. The van der Waals surface area contributed by atoms with Gasteiger partial charge in [0.1, 0.15) is 22.2 Å². The van der Waals surface area contributed by atoms with Crippen molar-refractivity contribution in [1.82, 2.24) is 5.32 Å². The van der Waals surface area contributed by atoms with Gasteiger partial charge in [-0.2, -0.15) is 0 Å². The molecule has 0 aliphatic carbocycles. The number of benzene rings is 2. The topological polar surface area (TPSA) is 55.4 Å². The highest BCUT2D eigenvalue weighted by Gasteiger charge is 2.01. The molecule has 1 N–H and O–H groups in total. The molecule has 0 unspecified atom stereocenters. The fourth-order valence-electron chi connectivity index (χ4n) is 1.91. The molecule has 0 atom stereocenters. The van der Waals surface area contributed by atoms with Crippen LogP contribution in [0.25, 0.3) is 10.8 Å². The minimum atomic E-state index is -2.90. The molecule has 0 aliphatic rings. The van der Waals surface area contributed by atoms with Gasteiger partial charge in [-0.25, -0.2) is 8.42 Å². The Kier molecular flexibility index (Phi) is 5.61. The molecule has 0 bridgehead atoms. The van der Waals surface area contributed by atoms with E-state index in [0.29, 0.717) is 19.7 Å². The molecule has 0 aliphatic heterocycles. The van der Waals surface area contributed by atoms with Gasteiger partial charge in [-0.15, -0.1) is 0 Å². The van der Waals surface area contributed by atoms with Crippen LogP contribution in [0.4, 0.5) is 0 Å². The van der Waals surface area contributed by atoms with Gasteiger partial charge in [-0.05, 0) is 35.0 Å². The number of halogens is 1. The monoisotopic (exact) mass is 371 g/mol. The van der Waals surface area contributed by atoms with Crippen molar-refractivity contribution >= 4 is 36.5 Å². The first-order valence-electron chi connectivity index (χ1n) is 6.65. The molecule has 2 rings (SSSR count). The Morgan fingerprint density at radius 2 is 1.81 bits per heavy atom. The molecule has 0 radical (unpaired) electrons. The molecule has 0 heterocycles. The number of hydrogen-bond acceptors (Lipinski definition) is 4. The summed E-state index contributed by atoms with van der Waals surface area (Å²) in [4.78, 5) is 0. The normalized spacial score (nSPS) is 11.7. The first-order valence-corrected chi connectivity index (χ1v) is 9.50. The van der Waals surface area contributed by atoms with Gasteiger partial charge in [-0.1, -0.05) is 28.1 Å². The van der Waals surface area contributed by atoms with Gasteiger partial charge >= 0.3 is 0 Å². The van der Waals surface area contributed by atoms with Crippen LogP contribution in [-0.4, -0.2) is 40.1 Å². The largest absolute Gasteiger partial charge is 0.492 e. The summed E-state index contributed by atoms with van der Waals surface area (Å²) in [6.45, 7) is 1.58. The Morgan fingerprint density at radius 3 is 2.57 bits per heavy atom. The maximum Gasteiger partial charge on any atom is 0.148 e. The summed E-state index contributed by atoms with van der Waals surface area (Å²) in [5.74, 6) is 0.965. The van der Waals surface area contributed by atoms with Gasteiger partial charge < -0.3 is 10.1 Å². The first kappa shape index (κ1) is 16.3. The van der Waals surface area contributed by atoms with Gasteiger partial charge in [0.15, 0.2) is 0 Å². The van der Waals surface area contributed by atoms with E-state index >= 15 is 0 Å². The molecule has 2 aromatic carbocycles. The third-order valence-corrected chi connectivity index (χ3v) is 4.41. The Morgan fingerprint density at radius 1 is 1.10 bits per heavy atom. The Labute approximate surface area is 133 Å². The van der Waals surface area contributed by atoms with Crippen molar-refractivity contribution in [3.8, 4) is 5.75 Å². The number of sulfone groups is 1. The fourth-order valence-corrected chi connectivity index (χ4v) is 2.80. The van der Waals surface area contributed by atoms with Crippen molar-refractivity contribution in [3.63, 3.8) is 0 Å². The lowest BCUT2D eigenvalue weighted by Crippen LogP contribution is -2.26. The summed E-state index contributed by atoms with van der Waals surface area (Å²) in [6, 6.07) is 12.1. The average molecular weight is 372 g/mol. The van der Waals surface area contributed by atoms with Crippen molar-refractivity contribution in [2.24, 2.45) is 0 Å². The highest BCUT2D eigenvalue weighted by molar-refractivity contribution is 9.10. The second-order valence-corrected chi connectivity index (χ2v) is 8.06. The summed E-state index contributed by atoms with van der Waals surface area (Å²) in [7, 11) is -2.90. The standard InChI is InChI=1S/C15H18BrNO3S/c1-21(18,19)9-7-17-6-8-20-15-5-3-12-10-14(16)4-2-13(12)11-15/h2-5,10-11,17H,6-9H2,1H3. The van der Waals surface area contributed by atoms with Crippen molar-refractivity contribution < 1.29 is 13.2 Å². The van der Waals surface area contributed by atoms with Crippen LogP contribution in [0.1, 0.15) is 0 Å². The van der Waals surface area contributed by atoms with E-state index in [4.69, 9.17) is 4.74 Å².